The van der Waals surface area contributed by atoms with E-state index in [9.17, 15) is 9.90 Å². The Bertz CT molecular complexity index is 533. The Hall–Kier alpha value is -0.620. The summed E-state index contributed by atoms with van der Waals surface area (Å²) < 4.78 is 1.08. The Kier molecular flexibility index (Phi) is 5.54. The van der Waals surface area contributed by atoms with Gasteiger partial charge in [0.1, 0.15) is 0 Å². The number of hydrogen-bond acceptors (Lipinski definition) is 3. The maximum atomic E-state index is 12.4. The third-order valence-electron chi connectivity index (χ3n) is 4.63. The van der Waals surface area contributed by atoms with Gasteiger partial charge in [-0.25, -0.2) is 0 Å². The Balaban J connectivity index is 0.00000176. The lowest BCUT2D eigenvalue weighted by atomic mass is 9.95. The molecule has 0 aromatic heterocycles. The predicted octanol–water partition coefficient (Wildman–Crippen LogP) is 2.08. The number of benzene rings is 1. The van der Waals surface area contributed by atoms with Gasteiger partial charge in [0, 0.05) is 30.0 Å². The van der Waals surface area contributed by atoms with Crippen LogP contribution < -0.4 is 5.32 Å². The smallest absolute Gasteiger partial charge is 0.239 e. The van der Waals surface area contributed by atoms with Gasteiger partial charge in [0.15, 0.2) is 0 Å². The number of hydrogen-bond donors (Lipinski definition) is 2. The number of aliphatic hydroxyl groups excluding tert-OH is 1. The molecule has 0 bridgehead atoms. The summed E-state index contributed by atoms with van der Waals surface area (Å²) in [4.78, 5) is 14.3. The Morgan fingerprint density at radius 1 is 1.41 bits per heavy atom. The van der Waals surface area contributed by atoms with E-state index in [1.54, 1.807) is 0 Å². The molecule has 1 amide bonds. The van der Waals surface area contributed by atoms with Gasteiger partial charge in [-0.3, -0.25) is 4.79 Å². The number of rotatable bonds is 4. The molecule has 2 atom stereocenters. The van der Waals surface area contributed by atoms with Crippen molar-refractivity contribution in [3.8, 4) is 0 Å². The van der Waals surface area contributed by atoms with Crippen LogP contribution >= 0.6 is 28.3 Å². The van der Waals surface area contributed by atoms with Crippen LogP contribution in [0.2, 0.25) is 0 Å². The summed E-state index contributed by atoms with van der Waals surface area (Å²) in [5.74, 6) is 0.0925. The van der Waals surface area contributed by atoms with Crippen LogP contribution in [0.25, 0.3) is 0 Å². The fraction of sp³-hybridized carbons (Fsp3) is 0.562. The number of nitrogens with one attached hydrogen (secondary N) is 1. The second kappa shape index (κ2) is 6.87. The molecule has 1 saturated heterocycles. The van der Waals surface area contributed by atoms with Gasteiger partial charge >= 0.3 is 0 Å². The summed E-state index contributed by atoms with van der Waals surface area (Å²) >= 11 is 3.46. The van der Waals surface area contributed by atoms with E-state index in [-0.39, 0.29) is 29.8 Å². The van der Waals surface area contributed by atoms with Crippen LogP contribution in [0.5, 0.6) is 0 Å². The van der Waals surface area contributed by atoms with E-state index in [1.165, 1.54) is 5.56 Å². The predicted molar refractivity (Wildman–Crippen MR) is 92.4 cm³/mol. The van der Waals surface area contributed by atoms with Crippen LogP contribution in [0.4, 0.5) is 0 Å². The Morgan fingerprint density at radius 3 is 2.55 bits per heavy atom. The van der Waals surface area contributed by atoms with Crippen LogP contribution in [0.3, 0.4) is 0 Å². The summed E-state index contributed by atoms with van der Waals surface area (Å²) in [6, 6.07) is 8.18. The van der Waals surface area contributed by atoms with Gasteiger partial charge in [-0.15, -0.1) is 12.4 Å². The zero-order valence-corrected chi connectivity index (χ0v) is 15.0. The molecular formula is C16H22BrClN2O2. The molecule has 4 nitrogen and oxygen atoms in total. The first-order valence-electron chi connectivity index (χ1n) is 7.43. The van der Waals surface area contributed by atoms with Gasteiger partial charge in [0.2, 0.25) is 5.91 Å². The lowest BCUT2D eigenvalue weighted by molar-refractivity contribution is -0.132. The van der Waals surface area contributed by atoms with Gasteiger partial charge in [-0.2, -0.15) is 0 Å². The lowest BCUT2D eigenvalue weighted by Crippen LogP contribution is -2.44. The van der Waals surface area contributed by atoms with Crippen molar-refractivity contribution in [1.29, 1.82) is 0 Å². The molecule has 1 heterocycles. The highest BCUT2D eigenvalue weighted by Gasteiger charge is 2.46. The van der Waals surface area contributed by atoms with Crippen molar-refractivity contribution in [3.05, 3.63) is 34.3 Å². The number of amides is 1. The van der Waals surface area contributed by atoms with Crippen LogP contribution in [0.15, 0.2) is 28.7 Å². The molecule has 6 heteroatoms. The van der Waals surface area contributed by atoms with Gasteiger partial charge in [-0.05, 0) is 37.0 Å². The topological polar surface area (TPSA) is 52.6 Å². The first kappa shape index (κ1) is 17.7. The summed E-state index contributed by atoms with van der Waals surface area (Å²) in [7, 11) is 1.87. The van der Waals surface area contributed by atoms with Gasteiger partial charge in [0.25, 0.3) is 0 Å². The lowest BCUT2D eigenvalue weighted by Gasteiger charge is -2.26. The minimum Gasteiger partial charge on any atom is -0.392 e. The average Bonchev–Trinajstić information content (AvgIpc) is 3.11. The molecule has 1 aliphatic heterocycles. The van der Waals surface area contributed by atoms with Crippen LogP contribution in [0, 0.1) is 0 Å². The number of likely N-dealkylation sites (N-methyl/N-ethyl adjacent to an activating group) is 1. The van der Waals surface area contributed by atoms with E-state index in [0.717, 1.165) is 23.9 Å². The number of β-amino-alcohol motifs (C(OH)–C–C–N with tert-alkyl or cyclic N) is 1. The Labute approximate surface area is 145 Å². The number of aliphatic hydroxyl groups is 1. The second-order valence-corrected chi connectivity index (χ2v) is 7.25. The normalized spacial score (nSPS) is 25.4. The van der Waals surface area contributed by atoms with Crippen molar-refractivity contribution in [2.45, 2.75) is 36.8 Å². The van der Waals surface area contributed by atoms with E-state index in [2.05, 4.69) is 45.5 Å². The number of carbonyl (C=O) groups excluding carboxylic acids is 1. The summed E-state index contributed by atoms with van der Waals surface area (Å²) in [6.45, 7) is 1.27. The fourth-order valence-electron chi connectivity index (χ4n) is 3.20. The first-order valence-corrected chi connectivity index (χ1v) is 8.22. The minimum atomic E-state index is -0.395. The molecule has 1 aromatic carbocycles. The molecule has 122 valence electrons. The molecule has 0 radical (unpaired) electrons. The van der Waals surface area contributed by atoms with Crippen molar-refractivity contribution in [1.82, 2.24) is 10.2 Å². The van der Waals surface area contributed by atoms with E-state index in [0.29, 0.717) is 13.0 Å². The van der Waals surface area contributed by atoms with Crippen molar-refractivity contribution in [3.63, 3.8) is 0 Å². The maximum absolute atomic E-state index is 12.4. The van der Waals surface area contributed by atoms with E-state index < -0.39 is 6.10 Å². The van der Waals surface area contributed by atoms with Crippen molar-refractivity contribution in [2.75, 3.05) is 20.1 Å². The van der Waals surface area contributed by atoms with Crippen molar-refractivity contribution >= 4 is 34.2 Å². The maximum Gasteiger partial charge on any atom is 0.239 e. The van der Waals surface area contributed by atoms with Crippen LogP contribution in [-0.4, -0.2) is 48.2 Å². The molecule has 2 fully saturated rings. The molecule has 2 unspecified atom stereocenters. The molecule has 2 N–H and O–H groups in total. The molecular weight excluding hydrogens is 368 g/mol. The highest BCUT2D eigenvalue weighted by molar-refractivity contribution is 9.10. The second-order valence-electron chi connectivity index (χ2n) is 6.33. The highest BCUT2D eigenvalue weighted by atomic mass is 79.9. The van der Waals surface area contributed by atoms with Gasteiger partial charge < -0.3 is 15.3 Å². The van der Waals surface area contributed by atoms with E-state index in [4.69, 9.17) is 0 Å². The molecule has 2 aliphatic rings. The number of carbonyl (C=O) groups is 1. The number of halogens is 2. The SMILES string of the molecule is CN(CC1(c2ccc(Br)cc2)CC1)C(=O)C1CC(O)CN1.Cl. The standard InChI is InChI=1S/C16H21BrN2O2.ClH/c1-19(15(21)14-8-13(20)9-18-14)10-16(6-7-16)11-2-4-12(17)5-3-11;/h2-5,13-14,18,20H,6-10H2,1H3;1H. The van der Waals surface area contributed by atoms with E-state index >= 15 is 0 Å². The number of nitrogens with zero attached hydrogens (tertiary/aromatic N) is 1. The molecule has 1 saturated carbocycles. The van der Waals surface area contributed by atoms with E-state index in [1.807, 2.05) is 11.9 Å². The fourth-order valence-corrected chi connectivity index (χ4v) is 3.46. The monoisotopic (exact) mass is 388 g/mol. The van der Waals surface area contributed by atoms with Crippen LogP contribution in [0.1, 0.15) is 24.8 Å². The first-order chi connectivity index (χ1) is 10.00. The quantitative estimate of drug-likeness (QED) is 0.829. The van der Waals surface area contributed by atoms with Crippen molar-refractivity contribution in [2.24, 2.45) is 0 Å². The molecule has 3 rings (SSSR count). The summed E-state index contributed by atoms with van der Waals surface area (Å²) in [5, 5.41) is 12.6. The molecule has 1 aromatic rings. The third-order valence-corrected chi connectivity index (χ3v) is 5.16. The molecule has 0 spiro atoms. The molecule has 1 aliphatic carbocycles. The highest BCUT2D eigenvalue weighted by Crippen LogP contribution is 2.48. The summed E-state index contributed by atoms with van der Waals surface area (Å²) in [5.41, 5.74) is 1.44. The van der Waals surface area contributed by atoms with Gasteiger partial charge in [-0.1, -0.05) is 28.1 Å². The minimum absolute atomic E-state index is 0. The zero-order valence-electron chi connectivity index (χ0n) is 12.6. The largest absolute Gasteiger partial charge is 0.392 e. The van der Waals surface area contributed by atoms with Crippen molar-refractivity contribution < 1.29 is 9.90 Å². The Morgan fingerprint density at radius 2 is 2.05 bits per heavy atom. The van der Waals surface area contributed by atoms with Gasteiger partial charge in [0.05, 0.1) is 12.1 Å². The van der Waals surface area contributed by atoms with Crippen LogP contribution in [-0.2, 0) is 10.2 Å². The average molecular weight is 390 g/mol. The summed E-state index contributed by atoms with van der Waals surface area (Å²) in [6.07, 6.45) is 2.39. The molecule has 22 heavy (non-hydrogen) atoms. The third kappa shape index (κ3) is 3.65. The zero-order chi connectivity index (χ0) is 15.0.